The molecule has 2 aromatic carbocycles. The minimum atomic E-state index is -2.99. The van der Waals surface area contributed by atoms with E-state index in [2.05, 4.69) is 26.0 Å². The topological polar surface area (TPSA) is 58.6 Å². The van der Waals surface area contributed by atoms with Crippen LogP contribution in [0.2, 0.25) is 0 Å². The highest BCUT2D eigenvalue weighted by atomic mass is 79.9. The average Bonchev–Trinajstić information content (AvgIpc) is 2.43. The number of phenols is 1. The van der Waals surface area contributed by atoms with Gasteiger partial charge in [0.2, 0.25) is 0 Å². The summed E-state index contributed by atoms with van der Waals surface area (Å²) >= 11 is 3.10. The Morgan fingerprint density at radius 2 is 1.95 bits per heavy atom. The summed E-state index contributed by atoms with van der Waals surface area (Å²) < 4.78 is 29.3. The molecule has 0 saturated heterocycles. The number of alkyl halides is 2. The number of ether oxygens (including phenoxy) is 1. The van der Waals surface area contributed by atoms with Gasteiger partial charge in [0.05, 0.1) is 10.2 Å². The van der Waals surface area contributed by atoms with Crippen molar-refractivity contribution in [1.29, 1.82) is 0 Å². The summed E-state index contributed by atoms with van der Waals surface area (Å²) in [5, 5.41) is 12.0. The summed E-state index contributed by atoms with van der Waals surface area (Å²) in [5.74, 6) is -0.787. The van der Waals surface area contributed by atoms with Crippen LogP contribution in [0.1, 0.15) is 10.4 Å². The van der Waals surface area contributed by atoms with Crippen LogP contribution in [0.4, 0.5) is 14.5 Å². The molecule has 0 fully saturated rings. The van der Waals surface area contributed by atoms with E-state index in [1.165, 1.54) is 36.4 Å². The molecule has 0 atom stereocenters. The van der Waals surface area contributed by atoms with Crippen LogP contribution >= 0.6 is 15.9 Å². The highest BCUT2D eigenvalue weighted by molar-refractivity contribution is 9.10. The van der Waals surface area contributed by atoms with Gasteiger partial charge in [-0.25, -0.2) is 0 Å². The van der Waals surface area contributed by atoms with Crippen molar-refractivity contribution in [3.05, 3.63) is 52.5 Å². The molecule has 0 bridgehead atoms. The third-order valence-electron chi connectivity index (χ3n) is 2.56. The summed E-state index contributed by atoms with van der Waals surface area (Å²) in [7, 11) is 0. The van der Waals surface area contributed by atoms with Crippen LogP contribution in [-0.4, -0.2) is 17.6 Å². The minimum absolute atomic E-state index is 0.0974. The van der Waals surface area contributed by atoms with Crippen molar-refractivity contribution in [3.63, 3.8) is 0 Å². The number of carbonyl (C=O) groups is 1. The third kappa shape index (κ3) is 3.91. The maximum Gasteiger partial charge on any atom is 0.387 e. The van der Waals surface area contributed by atoms with Gasteiger partial charge in [0.1, 0.15) is 11.5 Å². The normalized spacial score (nSPS) is 10.5. The van der Waals surface area contributed by atoms with Gasteiger partial charge in [-0.3, -0.25) is 4.79 Å². The number of carbonyl (C=O) groups excluding carboxylic acids is 1. The van der Waals surface area contributed by atoms with E-state index in [9.17, 15) is 18.7 Å². The number of phenolic OH excluding ortho intramolecular Hbond substituents is 1. The van der Waals surface area contributed by atoms with Gasteiger partial charge in [-0.05, 0) is 46.3 Å². The molecule has 2 rings (SSSR count). The summed E-state index contributed by atoms with van der Waals surface area (Å²) in [6, 6.07) is 10.1. The van der Waals surface area contributed by atoms with E-state index in [1.54, 1.807) is 6.07 Å². The second-order valence-electron chi connectivity index (χ2n) is 3.99. The van der Waals surface area contributed by atoms with Gasteiger partial charge >= 0.3 is 6.61 Å². The van der Waals surface area contributed by atoms with Crippen LogP contribution in [0.5, 0.6) is 11.5 Å². The first kappa shape index (κ1) is 15.2. The molecule has 0 saturated carbocycles. The monoisotopic (exact) mass is 357 g/mol. The molecular formula is C14H10BrF2NO3. The van der Waals surface area contributed by atoms with E-state index in [4.69, 9.17) is 0 Å². The van der Waals surface area contributed by atoms with E-state index in [0.29, 0.717) is 4.47 Å². The number of hydrogen-bond donors (Lipinski definition) is 2. The first-order valence-corrected chi connectivity index (χ1v) is 6.60. The van der Waals surface area contributed by atoms with E-state index in [-0.39, 0.29) is 22.7 Å². The second kappa shape index (κ2) is 6.53. The maximum atomic E-state index is 12.3. The molecule has 7 heteroatoms. The third-order valence-corrected chi connectivity index (χ3v) is 3.23. The zero-order chi connectivity index (χ0) is 15.4. The van der Waals surface area contributed by atoms with Crippen LogP contribution in [0.25, 0.3) is 0 Å². The molecule has 4 nitrogen and oxygen atoms in total. The molecule has 0 aliphatic heterocycles. The number of rotatable bonds is 4. The first-order valence-electron chi connectivity index (χ1n) is 5.81. The molecule has 0 heterocycles. The van der Waals surface area contributed by atoms with Gasteiger partial charge < -0.3 is 15.2 Å². The molecule has 0 spiro atoms. The zero-order valence-corrected chi connectivity index (χ0v) is 12.1. The lowest BCUT2D eigenvalue weighted by molar-refractivity contribution is -0.0493. The van der Waals surface area contributed by atoms with Gasteiger partial charge in [0, 0.05) is 5.56 Å². The number of nitrogens with one attached hydrogen (secondary N) is 1. The van der Waals surface area contributed by atoms with Gasteiger partial charge in [-0.2, -0.15) is 8.78 Å². The predicted octanol–water partition coefficient (Wildman–Crippen LogP) is 4.01. The molecule has 21 heavy (non-hydrogen) atoms. The van der Waals surface area contributed by atoms with Crippen molar-refractivity contribution in [2.75, 3.05) is 5.32 Å². The summed E-state index contributed by atoms with van der Waals surface area (Å²) in [6.45, 7) is -2.99. The van der Waals surface area contributed by atoms with Crippen LogP contribution in [0.3, 0.4) is 0 Å². The lowest BCUT2D eigenvalue weighted by atomic mass is 10.2. The van der Waals surface area contributed by atoms with E-state index >= 15 is 0 Å². The van der Waals surface area contributed by atoms with Crippen LogP contribution in [0.15, 0.2) is 46.9 Å². The Bertz CT molecular complexity index is 664. The highest BCUT2D eigenvalue weighted by Crippen LogP contribution is 2.28. The average molecular weight is 358 g/mol. The Labute approximate surface area is 127 Å². The largest absolute Gasteiger partial charge is 0.507 e. The number of aromatic hydroxyl groups is 1. The highest BCUT2D eigenvalue weighted by Gasteiger charge is 2.13. The molecular weight excluding hydrogens is 348 g/mol. The number of hydrogen-bond acceptors (Lipinski definition) is 3. The van der Waals surface area contributed by atoms with Crippen LogP contribution in [-0.2, 0) is 0 Å². The van der Waals surface area contributed by atoms with Gasteiger partial charge in [0.15, 0.2) is 0 Å². The quantitative estimate of drug-likeness (QED) is 0.868. The molecule has 2 N–H and O–H groups in total. The molecule has 0 radical (unpaired) electrons. The Hall–Kier alpha value is -2.15. The smallest absolute Gasteiger partial charge is 0.387 e. The number of halogens is 3. The van der Waals surface area contributed by atoms with Gasteiger partial charge in [-0.1, -0.05) is 12.1 Å². The van der Waals surface area contributed by atoms with Crippen molar-refractivity contribution in [1.82, 2.24) is 0 Å². The van der Waals surface area contributed by atoms with Crippen molar-refractivity contribution in [2.24, 2.45) is 0 Å². The van der Waals surface area contributed by atoms with Crippen molar-refractivity contribution >= 4 is 27.5 Å². The predicted molar refractivity (Wildman–Crippen MR) is 76.8 cm³/mol. The number of anilines is 1. The lowest BCUT2D eigenvalue weighted by Gasteiger charge is -2.11. The molecule has 0 aliphatic carbocycles. The second-order valence-corrected chi connectivity index (χ2v) is 4.85. The molecule has 1 amide bonds. The molecule has 2 aromatic rings. The van der Waals surface area contributed by atoms with E-state index in [1.807, 2.05) is 0 Å². The first-order chi connectivity index (χ1) is 9.97. The van der Waals surface area contributed by atoms with Crippen molar-refractivity contribution in [2.45, 2.75) is 6.61 Å². The number of amides is 1. The van der Waals surface area contributed by atoms with Crippen molar-refractivity contribution < 1.29 is 23.4 Å². The molecule has 0 aliphatic rings. The Morgan fingerprint density at radius 1 is 1.24 bits per heavy atom. The van der Waals surface area contributed by atoms with E-state index < -0.39 is 12.5 Å². The van der Waals surface area contributed by atoms with Crippen LogP contribution < -0.4 is 10.1 Å². The summed E-state index contributed by atoms with van der Waals surface area (Å²) in [6.07, 6.45) is 0. The Balaban J connectivity index is 2.21. The Kier molecular flexibility index (Phi) is 4.74. The minimum Gasteiger partial charge on any atom is -0.507 e. The number of benzene rings is 2. The SMILES string of the molecule is O=C(Nc1ccccc1OC(F)F)c1ccc(Br)c(O)c1. The summed E-state index contributed by atoms with van der Waals surface area (Å²) in [4.78, 5) is 12.0. The summed E-state index contributed by atoms with van der Waals surface area (Å²) in [5.41, 5.74) is 0.299. The maximum absolute atomic E-state index is 12.3. The Morgan fingerprint density at radius 3 is 2.62 bits per heavy atom. The lowest BCUT2D eigenvalue weighted by Crippen LogP contribution is -2.13. The molecule has 0 unspecified atom stereocenters. The fraction of sp³-hybridized carbons (Fsp3) is 0.0714. The zero-order valence-electron chi connectivity index (χ0n) is 10.5. The van der Waals surface area contributed by atoms with Crippen molar-refractivity contribution in [3.8, 4) is 11.5 Å². The fourth-order valence-corrected chi connectivity index (χ4v) is 1.86. The van der Waals surface area contributed by atoms with E-state index in [0.717, 1.165) is 0 Å². The van der Waals surface area contributed by atoms with Gasteiger partial charge in [0.25, 0.3) is 5.91 Å². The van der Waals surface area contributed by atoms with Gasteiger partial charge in [-0.15, -0.1) is 0 Å². The molecule has 0 aromatic heterocycles. The van der Waals surface area contributed by atoms with Crippen LogP contribution in [0, 0.1) is 0 Å². The molecule has 110 valence electrons. The standard InChI is InChI=1S/C14H10BrF2NO3/c15-9-6-5-8(7-11(9)19)13(20)18-10-3-1-2-4-12(10)21-14(16)17/h1-7,14,19H,(H,18,20). The fourth-order valence-electron chi connectivity index (χ4n) is 1.62. The number of para-hydroxylation sites is 2.